The van der Waals surface area contributed by atoms with E-state index in [1.54, 1.807) is 6.08 Å². The number of fused-ring (bicyclic) bond motifs is 2. The molecule has 1 unspecified atom stereocenters. The highest BCUT2D eigenvalue weighted by atomic mass is 16.6. The van der Waals surface area contributed by atoms with E-state index in [4.69, 9.17) is 14.2 Å². The molecule has 2 heterocycles. The molecule has 0 aromatic heterocycles. The quantitative estimate of drug-likeness (QED) is 0.393. The molecule has 0 amide bonds. The van der Waals surface area contributed by atoms with Crippen LogP contribution in [0.2, 0.25) is 0 Å². The topological polar surface area (TPSA) is 160 Å². The summed E-state index contributed by atoms with van der Waals surface area (Å²) in [4.78, 5) is 38.8. The van der Waals surface area contributed by atoms with Crippen molar-refractivity contribution in [3.05, 3.63) is 23.5 Å². The molecule has 0 radical (unpaired) electrons. The number of carbonyl (C=O) groups is 3. The van der Waals surface area contributed by atoms with Crippen molar-refractivity contribution in [1.82, 2.24) is 0 Å². The van der Waals surface area contributed by atoms with Gasteiger partial charge in [-0.25, -0.2) is 4.79 Å². The molecule has 2 saturated carbocycles. The lowest BCUT2D eigenvalue weighted by molar-refractivity contribution is -0.262. The van der Waals surface area contributed by atoms with Gasteiger partial charge in [0.2, 0.25) is 5.60 Å². The Labute approximate surface area is 183 Å². The summed E-state index contributed by atoms with van der Waals surface area (Å²) in [5, 5.41) is 46.3. The number of aliphatic hydroxyl groups excluding tert-OH is 1. The van der Waals surface area contributed by atoms with Gasteiger partial charge in [0.15, 0.2) is 5.78 Å². The molecule has 1 saturated heterocycles. The smallest absolute Gasteiger partial charge is 0.342 e. The number of allylic oxidation sites excluding steroid dienone is 2. The minimum absolute atomic E-state index is 0.115. The lowest BCUT2D eigenvalue weighted by atomic mass is 9.65. The molecule has 0 spiro atoms. The predicted molar refractivity (Wildman–Crippen MR) is 103 cm³/mol. The van der Waals surface area contributed by atoms with Gasteiger partial charge in [0.05, 0.1) is 24.4 Å². The van der Waals surface area contributed by atoms with Crippen molar-refractivity contribution in [2.45, 2.75) is 73.6 Å². The number of rotatable bonds is 4. The van der Waals surface area contributed by atoms with Crippen LogP contribution in [0.25, 0.3) is 0 Å². The van der Waals surface area contributed by atoms with Gasteiger partial charge < -0.3 is 34.6 Å². The van der Waals surface area contributed by atoms with E-state index in [1.165, 1.54) is 13.2 Å². The second-order valence-corrected chi connectivity index (χ2v) is 9.40. The van der Waals surface area contributed by atoms with Crippen molar-refractivity contribution >= 4 is 17.7 Å². The van der Waals surface area contributed by atoms with Crippen molar-refractivity contribution < 1.29 is 49.0 Å². The van der Waals surface area contributed by atoms with Gasteiger partial charge in [-0.2, -0.15) is 0 Å². The molecule has 4 N–H and O–H groups in total. The first-order valence-corrected chi connectivity index (χ1v) is 10.8. The number of carbonyl (C=O) groups excluding carboxylic acids is 3. The van der Waals surface area contributed by atoms with Crippen molar-refractivity contribution in [2.24, 2.45) is 11.8 Å². The molecule has 0 aromatic carbocycles. The first-order chi connectivity index (χ1) is 15.1. The monoisotopic (exact) mass is 450 g/mol. The van der Waals surface area contributed by atoms with E-state index in [0.29, 0.717) is 24.8 Å². The Hall–Kier alpha value is -2.11. The third-order valence-corrected chi connectivity index (χ3v) is 7.79. The lowest BCUT2D eigenvalue weighted by Crippen LogP contribution is -2.70. The van der Waals surface area contributed by atoms with Crippen LogP contribution in [0.4, 0.5) is 0 Å². The second-order valence-electron chi connectivity index (χ2n) is 9.40. The third kappa shape index (κ3) is 2.50. The van der Waals surface area contributed by atoms with Gasteiger partial charge in [0.1, 0.15) is 29.2 Å². The fraction of sp³-hybridized carbons (Fsp3) is 0.682. The summed E-state index contributed by atoms with van der Waals surface area (Å²) < 4.78 is 15.7. The molecule has 10 nitrogen and oxygen atoms in total. The summed E-state index contributed by atoms with van der Waals surface area (Å²) in [6.45, 7) is 0. The van der Waals surface area contributed by atoms with Crippen LogP contribution < -0.4 is 0 Å². The van der Waals surface area contributed by atoms with E-state index < -0.39 is 71.1 Å². The van der Waals surface area contributed by atoms with Crippen LogP contribution in [0, 0.1) is 11.8 Å². The van der Waals surface area contributed by atoms with Crippen molar-refractivity contribution in [3.63, 3.8) is 0 Å². The minimum atomic E-state index is -2.84. The van der Waals surface area contributed by atoms with E-state index in [-0.39, 0.29) is 12.2 Å². The average molecular weight is 450 g/mol. The molecule has 8 atom stereocenters. The SMILES string of the molecule is COC1C=C([C@H]2[C@@]3(O)[C@H](O)[C@H]4C[C@]2(O)[C@](O)(C(=O)O4)[C@H]3C(=O)C2=CCCCC2)OC(=O)C1. The molecule has 5 rings (SSSR count). The molecule has 3 aliphatic carbocycles. The molecule has 174 valence electrons. The Morgan fingerprint density at radius 1 is 1.22 bits per heavy atom. The summed E-state index contributed by atoms with van der Waals surface area (Å²) in [6, 6.07) is 0. The highest BCUT2D eigenvalue weighted by molar-refractivity contribution is 6.04. The summed E-state index contributed by atoms with van der Waals surface area (Å²) >= 11 is 0. The number of Topliss-reactive ketones (excluding diaryl/α,β-unsaturated/α-hetero) is 1. The lowest BCUT2D eigenvalue weighted by Gasteiger charge is -2.51. The fourth-order valence-electron chi connectivity index (χ4n) is 6.34. The van der Waals surface area contributed by atoms with Gasteiger partial charge in [0.25, 0.3) is 0 Å². The first-order valence-electron chi connectivity index (χ1n) is 10.8. The Morgan fingerprint density at radius 3 is 2.62 bits per heavy atom. The van der Waals surface area contributed by atoms with Crippen molar-refractivity contribution in [3.8, 4) is 0 Å². The summed E-state index contributed by atoms with van der Waals surface area (Å²) in [5.74, 6) is -6.55. The zero-order valence-electron chi connectivity index (χ0n) is 17.5. The van der Waals surface area contributed by atoms with Gasteiger partial charge >= 0.3 is 11.9 Å². The molecular formula is C22H26O10. The van der Waals surface area contributed by atoms with Crippen molar-refractivity contribution in [2.75, 3.05) is 7.11 Å². The van der Waals surface area contributed by atoms with E-state index >= 15 is 0 Å². The predicted octanol–water partition coefficient (Wildman–Crippen LogP) is -0.969. The zero-order valence-corrected chi connectivity index (χ0v) is 17.5. The number of esters is 2. The molecular weight excluding hydrogens is 424 g/mol. The summed E-state index contributed by atoms with van der Waals surface area (Å²) in [6.07, 6.45) is 1.16. The normalized spacial score (nSPS) is 47.5. The number of ether oxygens (including phenoxy) is 3. The zero-order chi connectivity index (χ0) is 23.1. The number of methoxy groups -OCH3 is 1. The van der Waals surface area contributed by atoms with Crippen LogP contribution in [-0.4, -0.2) is 80.4 Å². The van der Waals surface area contributed by atoms with E-state index in [9.17, 15) is 34.8 Å². The molecule has 2 aliphatic heterocycles. The number of cyclic esters (lactones) is 1. The van der Waals surface area contributed by atoms with E-state index in [0.717, 1.165) is 6.42 Å². The van der Waals surface area contributed by atoms with Crippen LogP contribution in [0.15, 0.2) is 23.5 Å². The summed E-state index contributed by atoms with van der Waals surface area (Å²) in [7, 11) is 1.36. The number of hydrogen-bond donors (Lipinski definition) is 4. The average Bonchev–Trinajstić information content (AvgIpc) is 2.87. The maximum absolute atomic E-state index is 13.6. The van der Waals surface area contributed by atoms with Gasteiger partial charge in [-0.3, -0.25) is 9.59 Å². The van der Waals surface area contributed by atoms with E-state index in [1.807, 2.05) is 0 Å². The fourth-order valence-corrected chi connectivity index (χ4v) is 6.34. The Kier molecular flexibility index (Phi) is 4.71. The standard InChI is InChI=1S/C22H26O10/c1-30-11-7-12(31-14(23)8-11)16-20(27)9-13-18(25)21(16,28)17(22(20,29)19(26)32-13)15(24)10-5-3-2-4-6-10/h5,7,11,13,16-18,25,27-29H,2-4,6,8-9H2,1H3/t11?,13-,16-,17+,18-,20-,21+,22-/m1/s1. The van der Waals surface area contributed by atoms with Crippen LogP contribution in [-0.2, 0) is 28.6 Å². The number of ketones is 1. The third-order valence-electron chi connectivity index (χ3n) is 7.79. The summed E-state index contributed by atoms with van der Waals surface area (Å²) in [5.41, 5.74) is -7.48. The molecule has 5 aliphatic rings. The Morgan fingerprint density at radius 2 is 1.97 bits per heavy atom. The van der Waals surface area contributed by atoms with Gasteiger partial charge in [-0.05, 0) is 37.3 Å². The largest absolute Gasteiger partial charge is 0.457 e. The molecule has 10 heteroatoms. The maximum Gasteiger partial charge on any atom is 0.342 e. The highest BCUT2D eigenvalue weighted by Gasteiger charge is 2.88. The van der Waals surface area contributed by atoms with Crippen LogP contribution >= 0.6 is 0 Å². The molecule has 0 aromatic rings. The first kappa shape index (κ1) is 21.7. The van der Waals surface area contributed by atoms with Crippen molar-refractivity contribution in [1.29, 1.82) is 0 Å². The van der Waals surface area contributed by atoms with Gasteiger partial charge in [-0.15, -0.1) is 0 Å². The van der Waals surface area contributed by atoms with E-state index in [2.05, 4.69) is 0 Å². The van der Waals surface area contributed by atoms with Crippen LogP contribution in [0.5, 0.6) is 0 Å². The molecule has 3 bridgehead atoms. The second kappa shape index (κ2) is 6.94. The molecule has 3 fully saturated rings. The van der Waals surface area contributed by atoms with Crippen LogP contribution in [0.1, 0.15) is 38.5 Å². The Bertz CT molecular complexity index is 954. The number of aliphatic hydroxyl groups is 4. The Balaban J connectivity index is 1.72. The molecule has 32 heavy (non-hydrogen) atoms. The maximum atomic E-state index is 13.6. The van der Waals surface area contributed by atoms with Gasteiger partial charge in [0, 0.05) is 13.5 Å². The number of hydrogen-bond acceptors (Lipinski definition) is 10. The van der Waals surface area contributed by atoms with Gasteiger partial charge in [-0.1, -0.05) is 6.08 Å². The highest BCUT2D eigenvalue weighted by Crippen LogP contribution is 2.66. The minimum Gasteiger partial charge on any atom is -0.457 e. The van der Waals surface area contributed by atoms with Crippen LogP contribution in [0.3, 0.4) is 0 Å².